The third kappa shape index (κ3) is 6.76. The molecule has 0 bridgehead atoms. The fraction of sp³-hybridized carbons (Fsp3) is 0.242. The van der Waals surface area contributed by atoms with Crippen LogP contribution in [0.3, 0.4) is 0 Å². The zero-order valence-electron chi connectivity index (χ0n) is 24.7. The van der Waals surface area contributed by atoms with E-state index in [1.165, 1.54) is 11.3 Å². The lowest BCUT2D eigenvalue weighted by molar-refractivity contribution is -0.143. The van der Waals surface area contributed by atoms with Gasteiger partial charge in [0.25, 0.3) is 5.56 Å². The molecule has 0 N–H and O–H groups in total. The highest BCUT2D eigenvalue weighted by atomic mass is 35.5. The highest BCUT2D eigenvalue weighted by Crippen LogP contribution is 2.33. The minimum absolute atomic E-state index is 0.225. The van der Waals surface area contributed by atoms with E-state index in [0.717, 1.165) is 21.6 Å². The number of thiazole rings is 1. The molecular weight excluding hydrogens is 639 g/mol. The van der Waals surface area contributed by atoms with Gasteiger partial charge in [-0.3, -0.25) is 9.36 Å². The van der Waals surface area contributed by atoms with Gasteiger partial charge in [0.05, 0.1) is 35.1 Å². The van der Waals surface area contributed by atoms with E-state index in [4.69, 9.17) is 37.4 Å². The van der Waals surface area contributed by atoms with Crippen molar-refractivity contribution < 1.29 is 19.0 Å². The molecule has 1 atom stereocenters. The predicted octanol–water partition coefficient (Wildman–Crippen LogP) is 6.80. The van der Waals surface area contributed by atoms with E-state index in [9.17, 15) is 9.59 Å². The minimum atomic E-state index is -0.680. The SMILES string of the molecule is COc1cc(/C=c2\sc3n(c2=O)[C@@H](c2ccc(SC)cc2)C(C(=O)OC(C)C)=C(C)N=3)ccc1OCc1ccc(Cl)cc1Cl. The Balaban J connectivity index is 1.53. The number of ether oxygens (including phenoxy) is 3. The number of methoxy groups -OCH3 is 1. The predicted molar refractivity (Wildman–Crippen MR) is 177 cm³/mol. The Bertz CT molecular complexity index is 1930. The quantitative estimate of drug-likeness (QED) is 0.144. The highest BCUT2D eigenvalue weighted by Gasteiger charge is 2.33. The highest BCUT2D eigenvalue weighted by molar-refractivity contribution is 7.98. The summed E-state index contributed by atoms with van der Waals surface area (Å²) >= 11 is 15.2. The van der Waals surface area contributed by atoms with Crippen molar-refractivity contribution in [2.45, 2.75) is 44.4 Å². The number of carbonyl (C=O) groups is 1. The van der Waals surface area contributed by atoms with Crippen LogP contribution in [0.5, 0.6) is 11.5 Å². The Morgan fingerprint density at radius 2 is 1.84 bits per heavy atom. The van der Waals surface area contributed by atoms with E-state index < -0.39 is 12.0 Å². The van der Waals surface area contributed by atoms with Crippen LogP contribution in [0.2, 0.25) is 10.0 Å². The molecule has 5 rings (SSSR count). The summed E-state index contributed by atoms with van der Waals surface area (Å²) < 4.78 is 19.2. The molecule has 4 aromatic rings. The number of halogens is 2. The smallest absolute Gasteiger partial charge is 0.338 e. The summed E-state index contributed by atoms with van der Waals surface area (Å²) in [6, 6.07) is 17.8. The third-order valence-corrected chi connectivity index (χ3v) is 9.21. The van der Waals surface area contributed by atoms with Crippen molar-refractivity contribution in [3.05, 3.63) is 118 Å². The van der Waals surface area contributed by atoms with E-state index in [0.29, 0.717) is 42.1 Å². The average molecular weight is 670 g/mol. The van der Waals surface area contributed by atoms with E-state index in [2.05, 4.69) is 4.99 Å². The van der Waals surface area contributed by atoms with Gasteiger partial charge in [-0.05, 0) is 80.6 Å². The van der Waals surface area contributed by atoms with Crippen LogP contribution in [0, 0.1) is 0 Å². The molecule has 0 amide bonds. The molecule has 0 spiro atoms. The number of benzene rings is 3. The number of aromatic nitrogens is 1. The Morgan fingerprint density at radius 1 is 1.09 bits per heavy atom. The number of nitrogens with zero attached hydrogens (tertiary/aromatic N) is 2. The summed E-state index contributed by atoms with van der Waals surface area (Å²) in [6.45, 7) is 5.59. The molecule has 228 valence electrons. The van der Waals surface area contributed by atoms with Crippen molar-refractivity contribution >= 4 is 58.3 Å². The first kappa shape index (κ1) is 31.9. The average Bonchev–Trinajstić information content (AvgIpc) is 3.29. The van der Waals surface area contributed by atoms with Gasteiger partial charge in [-0.25, -0.2) is 9.79 Å². The van der Waals surface area contributed by atoms with E-state index in [-0.39, 0.29) is 18.3 Å². The second-order valence-corrected chi connectivity index (χ2v) is 13.0. The molecule has 1 aliphatic rings. The zero-order valence-corrected chi connectivity index (χ0v) is 27.9. The van der Waals surface area contributed by atoms with Crippen LogP contribution in [0.4, 0.5) is 0 Å². The normalized spacial score (nSPS) is 14.8. The number of thioether (sulfide) groups is 1. The van der Waals surface area contributed by atoms with Crippen LogP contribution in [0.1, 0.15) is 43.5 Å². The van der Waals surface area contributed by atoms with Gasteiger partial charge >= 0.3 is 5.97 Å². The molecule has 0 saturated heterocycles. The minimum Gasteiger partial charge on any atom is -0.493 e. The van der Waals surface area contributed by atoms with Crippen LogP contribution >= 0.6 is 46.3 Å². The second kappa shape index (κ2) is 13.6. The molecule has 0 radical (unpaired) electrons. The summed E-state index contributed by atoms with van der Waals surface area (Å²) in [7, 11) is 1.55. The van der Waals surface area contributed by atoms with E-state index >= 15 is 0 Å². The van der Waals surface area contributed by atoms with Gasteiger partial charge in [-0.2, -0.15) is 0 Å². The topological polar surface area (TPSA) is 79.1 Å². The van der Waals surface area contributed by atoms with Crippen LogP contribution in [0.15, 0.2) is 86.6 Å². The van der Waals surface area contributed by atoms with Crippen LogP contribution in [0.25, 0.3) is 6.08 Å². The number of hydrogen-bond donors (Lipinski definition) is 0. The molecule has 7 nitrogen and oxygen atoms in total. The van der Waals surface area contributed by atoms with Gasteiger partial charge in [0, 0.05) is 20.5 Å². The number of rotatable bonds is 9. The van der Waals surface area contributed by atoms with Crippen molar-refractivity contribution in [3.63, 3.8) is 0 Å². The second-order valence-electron chi connectivity index (χ2n) is 10.2. The molecule has 0 fully saturated rings. The standard InChI is InChI=1S/C33H30Cl2N2O5S2/c1-18(2)42-32(39)29-19(3)36-33-37(30(29)21-8-11-24(43-5)12-9-21)31(38)28(44-33)15-20-6-13-26(27(14-20)40-4)41-17-22-7-10-23(34)16-25(22)35/h6-16,18,30H,17H2,1-5H3/b28-15-/t30-/m0/s1. The number of fused-ring (bicyclic) bond motifs is 1. The maximum Gasteiger partial charge on any atom is 0.338 e. The maximum atomic E-state index is 14.0. The van der Waals surface area contributed by atoms with Crippen LogP contribution in [-0.2, 0) is 16.1 Å². The third-order valence-electron chi connectivity index (χ3n) is 6.90. The Hall–Kier alpha value is -3.50. The first-order chi connectivity index (χ1) is 21.1. The molecule has 0 saturated carbocycles. The van der Waals surface area contributed by atoms with Crippen molar-refractivity contribution in [2.24, 2.45) is 4.99 Å². The van der Waals surface area contributed by atoms with Crippen LogP contribution < -0.4 is 24.4 Å². The Labute approximate surface area is 273 Å². The Kier molecular flexibility index (Phi) is 9.90. The molecule has 11 heteroatoms. The summed E-state index contributed by atoms with van der Waals surface area (Å²) in [5.41, 5.74) is 2.92. The first-order valence-electron chi connectivity index (χ1n) is 13.7. The molecule has 2 heterocycles. The fourth-order valence-electron chi connectivity index (χ4n) is 4.80. The fourth-order valence-corrected chi connectivity index (χ4v) is 6.72. The monoisotopic (exact) mass is 668 g/mol. The van der Waals surface area contributed by atoms with Gasteiger partial charge in [0.15, 0.2) is 16.3 Å². The van der Waals surface area contributed by atoms with Crippen molar-refractivity contribution in [2.75, 3.05) is 13.4 Å². The van der Waals surface area contributed by atoms with Crippen molar-refractivity contribution in [3.8, 4) is 11.5 Å². The number of esters is 1. The van der Waals surface area contributed by atoms with Crippen molar-refractivity contribution in [1.29, 1.82) is 0 Å². The number of carbonyl (C=O) groups excluding carboxylic acids is 1. The Morgan fingerprint density at radius 3 is 2.50 bits per heavy atom. The van der Waals surface area contributed by atoms with Gasteiger partial charge in [0.1, 0.15) is 6.61 Å². The zero-order chi connectivity index (χ0) is 31.5. The maximum absolute atomic E-state index is 14.0. The van der Waals surface area contributed by atoms with Gasteiger partial charge in [-0.15, -0.1) is 11.8 Å². The lowest BCUT2D eigenvalue weighted by atomic mass is 9.96. The summed E-state index contributed by atoms with van der Waals surface area (Å²) in [5, 5.41) is 1.06. The van der Waals surface area contributed by atoms with Gasteiger partial charge in [0.2, 0.25) is 0 Å². The molecule has 3 aromatic carbocycles. The summed E-state index contributed by atoms with van der Waals surface area (Å²) in [4.78, 5) is 33.6. The lowest BCUT2D eigenvalue weighted by Gasteiger charge is -2.25. The summed E-state index contributed by atoms with van der Waals surface area (Å²) in [5.74, 6) is 0.530. The van der Waals surface area contributed by atoms with Crippen molar-refractivity contribution in [1.82, 2.24) is 4.57 Å². The van der Waals surface area contributed by atoms with E-state index in [1.54, 1.807) is 74.6 Å². The van der Waals surface area contributed by atoms with Gasteiger partial charge < -0.3 is 14.2 Å². The van der Waals surface area contributed by atoms with Gasteiger partial charge in [-0.1, -0.05) is 58.8 Å². The van der Waals surface area contributed by atoms with E-state index in [1.807, 2.05) is 42.7 Å². The molecular formula is C33H30Cl2N2O5S2. The molecule has 0 unspecified atom stereocenters. The molecule has 0 aliphatic carbocycles. The number of hydrogen-bond acceptors (Lipinski definition) is 8. The lowest BCUT2D eigenvalue weighted by Crippen LogP contribution is -2.40. The molecule has 1 aliphatic heterocycles. The number of allylic oxidation sites excluding steroid dienone is 1. The molecule has 44 heavy (non-hydrogen) atoms. The first-order valence-corrected chi connectivity index (χ1v) is 16.5. The van der Waals surface area contributed by atoms with Crippen LogP contribution in [-0.4, -0.2) is 30.0 Å². The largest absolute Gasteiger partial charge is 0.493 e. The molecule has 1 aromatic heterocycles. The summed E-state index contributed by atoms with van der Waals surface area (Å²) in [6.07, 6.45) is 3.46.